The Morgan fingerprint density at radius 1 is 1.39 bits per heavy atom. The number of carbonyl (C=O) groups is 2. The SMILES string of the molecule is CCOCCCN(CC(=O)Nc1nccs1)C(=O)CC(C)(C)C. The molecule has 0 aliphatic rings. The molecule has 2 amide bonds. The third-order valence-corrected chi connectivity index (χ3v) is 3.66. The molecule has 1 aromatic heterocycles. The van der Waals surface area contributed by atoms with Crippen molar-refractivity contribution < 1.29 is 14.3 Å². The lowest BCUT2D eigenvalue weighted by molar-refractivity contribution is -0.136. The highest BCUT2D eigenvalue weighted by Crippen LogP contribution is 2.20. The van der Waals surface area contributed by atoms with Gasteiger partial charge in [0.1, 0.15) is 0 Å². The molecule has 0 atom stereocenters. The number of amides is 2. The van der Waals surface area contributed by atoms with Gasteiger partial charge in [0.05, 0.1) is 6.54 Å². The van der Waals surface area contributed by atoms with Crippen molar-refractivity contribution in [1.82, 2.24) is 9.88 Å². The van der Waals surface area contributed by atoms with E-state index >= 15 is 0 Å². The van der Waals surface area contributed by atoms with E-state index in [1.165, 1.54) is 11.3 Å². The minimum atomic E-state index is -0.224. The van der Waals surface area contributed by atoms with Crippen LogP contribution in [-0.2, 0) is 14.3 Å². The molecule has 0 saturated heterocycles. The highest BCUT2D eigenvalue weighted by atomic mass is 32.1. The Labute approximate surface area is 142 Å². The molecule has 0 fully saturated rings. The number of rotatable bonds is 9. The molecule has 1 N–H and O–H groups in total. The van der Waals surface area contributed by atoms with E-state index < -0.39 is 0 Å². The number of hydrogen-bond donors (Lipinski definition) is 1. The maximum atomic E-state index is 12.5. The number of ether oxygens (including phenoxy) is 1. The highest BCUT2D eigenvalue weighted by Gasteiger charge is 2.23. The van der Waals surface area contributed by atoms with Crippen molar-refractivity contribution in [3.63, 3.8) is 0 Å². The fourth-order valence-electron chi connectivity index (χ4n) is 1.98. The van der Waals surface area contributed by atoms with Crippen molar-refractivity contribution in [2.75, 3.05) is 31.6 Å². The zero-order valence-corrected chi connectivity index (χ0v) is 15.2. The van der Waals surface area contributed by atoms with Crippen LogP contribution in [0.1, 0.15) is 40.5 Å². The van der Waals surface area contributed by atoms with Gasteiger partial charge in [-0.15, -0.1) is 11.3 Å². The molecular weight excluding hydrogens is 314 g/mol. The fourth-order valence-corrected chi connectivity index (χ4v) is 2.52. The van der Waals surface area contributed by atoms with Gasteiger partial charge < -0.3 is 15.0 Å². The van der Waals surface area contributed by atoms with Crippen LogP contribution in [0.15, 0.2) is 11.6 Å². The van der Waals surface area contributed by atoms with Crippen LogP contribution in [0.4, 0.5) is 5.13 Å². The van der Waals surface area contributed by atoms with Crippen LogP contribution in [-0.4, -0.2) is 48.0 Å². The second-order valence-corrected chi connectivity index (χ2v) is 7.38. The third-order valence-electron chi connectivity index (χ3n) is 2.97. The molecule has 0 saturated carbocycles. The molecule has 7 heteroatoms. The Bertz CT molecular complexity index is 483. The molecular formula is C16H27N3O3S. The molecule has 0 aromatic carbocycles. The van der Waals surface area contributed by atoms with Gasteiger partial charge in [-0.2, -0.15) is 0 Å². The number of anilines is 1. The zero-order chi connectivity index (χ0) is 17.3. The molecule has 130 valence electrons. The summed E-state index contributed by atoms with van der Waals surface area (Å²) in [6.45, 7) is 9.77. The molecule has 0 bridgehead atoms. The van der Waals surface area contributed by atoms with E-state index in [1.807, 2.05) is 27.7 Å². The highest BCUT2D eigenvalue weighted by molar-refractivity contribution is 7.13. The van der Waals surface area contributed by atoms with Gasteiger partial charge in [0.15, 0.2) is 5.13 Å². The molecule has 1 aromatic rings. The molecule has 0 radical (unpaired) electrons. The Morgan fingerprint density at radius 3 is 2.70 bits per heavy atom. The first-order valence-electron chi connectivity index (χ1n) is 7.86. The number of nitrogens with zero attached hydrogens (tertiary/aromatic N) is 2. The van der Waals surface area contributed by atoms with Crippen molar-refractivity contribution in [2.45, 2.75) is 40.5 Å². The summed E-state index contributed by atoms with van der Waals surface area (Å²) in [6.07, 6.45) is 2.76. The summed E-state index contributed by atoms with van der Waals surface area (Å²) in [7, 11) is 0. The monoisotopic (exact) mass is 341 g/mol. The van der Waals surface area contributed by atoms with Crippen LogP contribution in [0.3, 0.4) is 0 Å². The minimum absolute atomic E-state index is 0.0108. The lowest BCUT2D eigenvalue weighted by atomic mass is 9.91. The summed E-state index contributed by atoms with van der Waals surface area (Å²) in [5, 5.41) is 5.06. The molecule has 0 aliphatic carbocycles. The number of carbonyl (C=O) groups excluding carboxylic acids is 2. The topological polar surface area (TPSA) is 71.5 Å². The van der Waals surface area contributed by atoms with Gasteiger partial charge >= 0.3 is 0 Å². The second kappa shape index (κ2) is 9.62. The van der Waals surface area contributed by atoms with Gasteiger partial charge in [0, 0.05) is 37.8 Å². The van der Waals surface area contributed by atoms with E-state index in [4.69, 9.17) is 4.74 Å². The molecule has 1 rings (SSSR count). The molecule has 23 heavy (non-hydrogen) atoms. The maximum absolute atomic E-state index is 12.5. The summed E-state index contributed by atoms with van der Waals surface area (Å²) in [6, 6.07) is 0. The van der Waals surface area contributed by atoms with Gasteiger partial charge in [0.2, 0.25) is 11.8 Å². The van der Waals surface area contributed by atoms with Crippen molar-refractivity contribution in [3.05, 3.63) is 11.6 Å². The first-order chi connectivity index (χ1) is 10.8. The largest absolute Gasteiger partial charge is 0.382 e. The van der Waals surface area contributed by atoms with Crippen molar-refractivity contribution in [2.24, 2.45) is 5.41 Å². The predicted octanol–water partition coefficient (Wildman–Crippen LogP) is 2.77. The first kappa shape index (κ1) is 19.6. The van der Waals surface area contributed by atoms with Crippen molar-refractivity contribution in [3.8, 4) is 0 Å². The van der Waals surface area contributed by atoms with Gasteiger partial charge in [-0.1, -0.05) is 20.8 Å². The Kier molecular flexibility index (Phi) is 8.19. The smallest absolute Gasteiger partial charge is 0.245 e. The van der Waals surface area contributed by atoms with E-state index in [-0.39, 0.29) is 23.8 Å². The van der Waals surface area contributed by atoms with E-state index in [9.17, 15) is 9.59 Å². The van der Waals surface area contributed by atoms with Crippen molar-refractivity contribution in [1.29, 1.82) is 0 Å². The van der Waals surface area contributed by atoms with E-state index in [2.05, 4.69) is 10.3 Å². The van der Waals surface area contributed by atoms with Crippen LogP contribution in [0.5, 0.6) is 0 Å². The third kappa shape index (κ3) is 8.66. The second-order valence-electron chi connectivity index (χ2n) is 6.49. The van der Waals surface area contributed by atoms with Crippen LogP contribution >= 0.6 is 11.3 Å². The Morgan fingerprint density at radius 2 is 2.13 bits per heavy atom. The average molecular weight is 341 g/mol. The number of aromatic nitrogens is 1. The summed E-state index contributed by atoms with van der Waals surface area (Å²) in [5.41, 5.74) is -0.110. The summed E-state index contributed by atoms with van der Waals surface area (Å²) in [4.78, 5) is 30.2. The van der Waals surface area contributed by atoms with Gasteiger partial charge in [-0.05, 0) is 18.8 Å². The lowest BCUT2D eigenvalue weighted by Crippen LogP contribution is -2.40. The van der Waals surface area contributed by atoms with E-state index in [0.717, 1.165) is 0 Å². The minimum Gasteiger partial charge on any atom is -0.382 e. The zero-order valence-electron chi connectivity index (χ0n) is 14.4. The standard InChI is InChI=1S/C16H27N3O3S/c1-5-22-9-6-8-19(14(21)11-16(2,3)4)12-13(20)18-15-17-7-10-23-15/h7,10H,5-6,8-9,11-12H2,1-4H3,(H,17,18,20). The number of nitrogens with one attached hydrogen (secondary N) is 1. The average Bonchev–Trinajstić information content (AvgIpc) is 2.93. The summed E-state index contributed by atoms with van der Waals surface area (Å²) in [5.74, 6) is -0.234. The summed E-state index contributed by atoms with van der Waals surface area (Å²) < 4.78 is 5.31. The normalized spacial score (nSPS) is 11.3. The van der Waals surface area contributed by atoms with Gasteiger partial charge in [0.25, 0.3) is 0 Å². The number of thiazole rings is 1. The van der Waals surface area contributed by atoms with Gasteiger partial charge in [-0.25, -0.2) is 4.98 Å². The number of hydrogen-bond acceptors (Lipinski definition) is 5. The summed E-state index contributed by atoms with van der Waals surface area (Å²) >= 11 is 1.35. The van der Waals surface area contributed by atoms with Crippen LogP contribution in [0.25, 0.3) is 0 Å². The fraction of sp³-hybridized carbons (Fsp3) is 0.688. The molecule has 0 spiro atoms. The Hall–Kier alpha value is -1.47. The quantitative estimate of drug-likeness (QED) is 0.701. The lowest BCUT2D eigenvalue weighted by Gasteiger charge is -2.26. The maximum Gasteiger partial charge on any atom is 0.245 e. The van der Waals surface area contributed by atoms with Crippen LogP contribution in [0.2, 0.25) is 0 Å². The molecule has 1 heterocycles. The first-order valence-corrected chi connectivity index (χ1v) is 8.74. The molecule has 0 unspecified atom stereocenters. The predicted molar refractivity (Wildman–Crippen MR) is 92.5 cm³/mol. The Balaban J connectivity index is 2.58. The van der Waals surface area contributed by atoms with Crippen LogP contribution < -0.4 is 5.32 Å². The van der Waals surface area contributed by atoms with Gasteiger partial charge in [-0.3, -0.25) is 9.59 Å². The van der Waals surface area contributed by atoms with Crippen LogP contribution in [0, 0.1) is 5.41 Å². The van der Waals surface area contributed by atoms with E-state index in [1.54, 1.807) is 16.5 Å². The van der Waals surface area contributed by atoms with E-state index in [0.29, 0.717) is 37.7 Å². The molecule has 0 aliphatic heterocycles. The van der Waals surface area contributed by atoms with Crippen molar-refractivity contribution >= 4 is 28.3 Å². The molecule has 6 nitrogen and oxygen atoms in total.